The Hall–Kier alpha value is -3.29. The minimum absolute atomic E-state index is 0.113. The zero-order valence-corrected chi connectivity index (χ0v) is 15.6. The predicted octanol–water partition coefficient (Wildman–Crippen LogP) is 4.17. The van der Waals surface area contributed by atoms with Crippen molar-refractivity contribution in [2.24, 2.45) is 4.99 Å². The van der Waals surface area contributed by atoms with Gasteiger partial charge < -0.3 is 15.1 Å². The topological polar surface area (TPSA) is 62.5 Å². The van der Waals surface area contributed by atoms with Crippen molar-refractivity contribution in [3.05, 3.63) is 89.6 Å². The highest BCUT2D eigenvalue weighted by Crippen LogP contribution is 2.29. The number of hydrogen-bond acceptors (Lipinski definition) is 3. The van der Waals surface area contributed by atoms with Crippen LogP contribution in [-0.2, 0) is 25.7 Å². The van der Waals surface area contributed by atoms with Crippen LogP contribution in [0.3, 0.4) is 0 Å². The number of aliphatic imine (C=N–C) groups is 1. The number of hydrogen-bond donors (Lipinski definition) is 2. The SMILES string of the molecule is FC(F)(F)c1cccc(CN=C(NCCc2ccco2)NCc2ccccn2)c1. The van der Waals surface area contributed by atoms with Crippen molar-refractivity contribution in [3.63, 3.8) is 0 Å². The lowest BCUT2D eigenvalue weighted by Crippen LogP contribution is -2.38. The zero-order valence-electron chi connectivity index (χ0n) is 15.6. The van der Waals surface area contributed by atoms with Crippen LogP contribution in [0.4, 0.5) is 13.2 Å². The lowest BCUT2D eigenvalue weighted by Gasteiger charge is -2.13. The fourth-order valence-corrected chi connectivity index (χ4v) is 2.63. The summed E-state index contributed by atoms with van der Waals surface area (Å²) in [4.78, 5) is 8.66. The molecule has 0 aliphatic carbocycles. The summed E-state index contributed by atoms with van der Waals surface area (Å²) in [6.45, 7) is 1.11. The summed E-state index contributed by atoms with van der Waals surface area (Å²) in [5.41, 5.74) is 0.621. The number of pyridine rings is 1. The normalized spacial score (nSPS) is 12.0. The van der Waals surface area contributed by atoms with Gasteiger partial charge in [0, 0.05) is 19.2 Å². The second kappa shape index (κ2) is 9.77. The van der Waals surface area contributed by atoms with Gasteiger partial charge in [-0.05, 0) is 42.0 Å². The molecule has 1 aromatic carbocycles. The van der Waals surface area contributed by atoms with Crippen molar-refractivity contribution < 1.29 is 17.6 Å². The summed E-state index contributed by atoms with van der Waals surface area (Å²) < 4.78 is 44.0. The van der Waals surface area contributed by atoms with Gasteiger partial charge >= 0.3 is 6.18 Å². The fraction of sp³-hybridized carbons (Fsp3) is 0.238. The lowest BCUT2D eigenvalue weighted by molar-refractivity contribution is -0.137. The molecule has 3 aromatic rings. The van der Waals surface area contributed by atoms with Crippen molar-refractivity contribution >= 4 is 5.96 Å². The van der Waals surface area contributed by atoms with Crippen LogP contribution in [-0.4, -0.2) is 17.5 Å². The van der Waals surface area contributed by atoms with Crippen LogP contribution in [0.2, 0.25) is 0 Å². The second-order valence-corrected chi connectivity index (χ2v) is 6.29. The van der Waals surface area contributed by atoms with Crippen LogP contribution in [0.15, 0.2) is 76.5 Å². The molecule has 0 fully saturated rings. The monoisotopic (exact) mass is 402 g/mol. The van der Waals surface area contributed by atoms with Gasteiger partial charge in [0.1, 0.15) is 5.76 Å². The molecule has 0 bridgehead atoms. The molecule has 0 aliphatic heterocycles. The van der Waals surface area contributed by atoms with Crippen LogP contribution >= 0.6 is 0 Å². The van der Waals surface area contributed by atoms with E-state index in [2.05, 4.69) is 20.6 Å². The van der Waals surface area contributed by atoms with E-state index in [4.69, 9.17) is 4.42 Å². The first-order chi connectivity index (χ1) is 14.0. The predicted molar refractivity (Wildman–Crippen MR) is 104 cm³/mol. The smallest absolute Gasteiger partial charge is 0.416 e. The summed E-state index contributed by atoms with van der Waals surface area (Å²) in [6.07, 6.45) is -0.417. The van der Waals surface area contributed by atoms with Crippen LogP contribution in [0.1, 0.15) is 22.6 Å². The molecule has 0 atom stereocenters. The first-order valence-electron chi connectivity index (χ1n) is 9.11. The van der Waals surface area contributed by atoms with E-state index in [0.717, 1.165) is 23.6 Å². The molecule has 0 saturated carbocycles. The van der Waals surface area contributed by atoms with Gasteiger partial charge in [-0.25, -0.2) is 4.99 Å². The molecule has 8 heteroatoms. The molecular formula is C21H21F3N4O. The first-order valence-corrected chi connectivity index (χ1v) is 9.11. The van der Waals surface area contributed by atoms with Gasteiger partial charge in [0.25, 0.3) is 0 Å². The average molecular weight is 402 g/mol. The van der Waals surface area contributed by atoms with Crippen molar-refractivity contribution in [1.82, 2.24) is 15.6 Å². The Labute approximate surface area is 166 Å². The maximum atomic E-state index is 12.9. The fourth-order valence-electron chi connectivity index (χ4n) is 2.63. The van der Waals surface area contributed by atoms with Crippen molar-refractivity contribution in [3.8, 4) is 0 Å². The largest absolute Gasteiger partial charge is 0.469 e. The number of aromatic nitrogens is 1. The number of guanidine groups is 1. The Kier molecular flexibility index (Phi) is 6.89. The highest BCUT2D eigenvalue weighted by molar-refractivity contribution is 5.79. The molecule has 0 saturated heterocycles. The van der Waals surface area contributed by atoms with E-state index in [0.29, 0.717) is 31.0 Å². The molecule has 3 rings (SSSR count). The molecule has 0 radical (unpaired) electrons. The van der Waals surface area contributed by atoms with E-state index in [1.54, 1.807) is 18.5 Å². The standard InChI is InChI=1S/C21H21F3N4O/c22-21(23,24)17-6-3-5-16(13-17)14-27-20(26-11-9-19-8-4-12-29-19)28-15-18-7-1-2-10-25-18/h1-8,10,12-13H,9,11,14-15H2,(H2,26,27,28). The Morgan fingerprint density at radius 2 is 1.93 bits per heavy atom. The maximum Gasteiger partial charge on any atom is 0.416 e. The number of halogens is 3. The Morgan fingerprint density at radius 3 is 2.66 bits per heavy atom. The third-order valence-corrected chi connectivity index (χ3v) is 4.08. The molecule has 0 unspecified atom stereocenters. The van der Waals surface area contributed by atoms with E-state index in [1.807, 2.05) is 30.3 Å². The van der Waals surface area contributed by atoms with Crippen molar-refractivity contribution in [2.45, 2.75) is 25.7 Å². The molecule has 2 aromatic heterocycles. The molecule has 152 valence electrons. The molecule has 0 aliphatic rings. The highest BCUT2D eigenvalue weighted by Gasteiger charge is 2.30. The van der Waals surface area contributed by atoms with E-state index in [-0.39, 0.29) is 6.54 Å². The summed E-state index contributed by atoms with van der Waals surface area (Å²) in [7, 11) is 0. The van der Waals surface area contributed by atoms with E-state index in [1.165, 1.54) is 6.07 Å². The highest BCUT2D eigenvalue weighted by atomic mass is 19.4. The molecular weight excluding hydrogens is 381 g/mol. The van der Waals surface area contributed by atoms with E-state index >= 15 is 0 Å². The number of alkyl halides is 3. The van der Waals surface area contributed by atoms with Gasteiger partial charge in [0.15, 0.2) is 5.96 Å². The van der Waals surface area contributed by atoms with Crippen LogP contribution < -0.4 is 10.6 Å². The van der Waals surface area contributed by atoms with E-state index < -0.39 is 11.7 Å². The summed E-state index contributed by atoms with van der Waals surface area (Å²) in [6, 6.07) is 14.5. The zero-order chi connectivity index (χ0) is 20.5. The molecule has 2 N–H and O–H groups in total. The second-order valence-electron chi connectivity index (χ2n) is 6.29. The summed E-state index contributed by atoms with van der Waals surface area (Å²) >= 11 is 0. The van der Waals surface area contributed by atoms with Gasteiger partial charge in [0.05, 0.1) is 30.6 Å². The van der Waals surface area contributed by atoms with Gasteiger partial charge in [0.2, 0.25) is 0 Å². The Bertz CT molecular complexity index is 909. The van der Waals surface area contributed by atoms with Crippen molar-refractivity contribution in [2.75, 3.05) is 6.54 Å². The van der Waals surface area contributed by atoms with Gasteiger partial charge in [-0.1, -0.05) is 18.2 Å². The molecule has 2 heterocycles. The van der Waals surface area contributed by atoms with E-state index in [9.17, 15) is 13.2 Å². The van der Waals surface area contributed by atoms with Crippen LogP contribution in [0.25, 0.3) is 0 Å². The lowest BCUT2D eigenvalue weighted by atomic mass is 10.1. The van der Waals surface area contributed by atoms with Crippen LogP contribution in [0, 0.1) is 0 Å². The number of nitrogens with zero attached hydrogens (tertiary/aromatic N) is 2. The Balaban J connectivity index is 1.65. The quantitative estimate of drug-likeness (QED) is 0.460. The van der Waals surface area contributed by atoms with Gasteiger partial charge in [-0.2, -0.15) is 13.2 Å². The molecule has 5 nitrogen and oxygen atoms in total. The number of nitrogens with one attached hydrogen (secondary N) is 2. The summed E-state index contributed by atoms with van der Waals surface area (Å²) in [5, 5.41) is 6.33. The van der Waals surface area contributed by atoms with Gasteiger partial charge in [-0.15, -0.1) is 0 Å². The minimum atomic E-state index is -4.37. The van der Waals surface area contributed by atoms with Crippen molar-refractivity contribution in [1.29, 1.82) is 0 Å². The Morgan fingerprint density at radius 1 is 1.03 bits per heavy atom. The third-order valence-electron chi connectivity index (χ3n) is 4.08. The molecule has 29 heavy (non-hydrogen) atoms. The molecule has 0 spiro atoms. The van der Waals surface area contributed by atoms with Gasteiger partial charge in [-0.3, -0.25) is 4.98 Å². The number of rotatable bonds is 7. The number of furan rings is 1. The summed E-state index contributed by atoms with van der Waals surface area (Å²) in [5.74, 6) is 1.32. The average Bonchev–Trinajstić information content (AvgIpc) is 3.23. The number of benzene rings is 1. The first kappa shape index (κ1) is 20.4. The minimum Gasteiger partial charge on any atom is -0.469 e. The van der Waals surface area contributed by atoms with Crippen LogP contribution in [0.5, 0.6) is 0 Å². The third kappa shape index (κ3) is 6.67. The molecule has 0 amide bonds. The maximum absolute atomic E-state index is 12.9.